The topological polar surface area (TPSA) is 69.0 Å². The molecule has 0 fully saturated rings. The molecule has 0 spiro atoms. The zero-order valence-corrected chi connectivity index (χ0v) is 18.6. The highest BCUT2D eigenvalue weighted by Crippen LogP contribution is 2.33. The van der Waals surface area contributed by atoms with Crippen LogP contribution in [0.15, 0.2) is 91.1 Å². The number of urea groups is 1. The molecule has 180 valence electrons. The lowest BCUT2D eigenvalue weighted by Crippen LogP contribution is -2.34. The third-order valence-corrected chi connectivity index (χ3v) is 5.32. The number of nitriles is 1. The number of pyridine rings is 1. The van der Waals surface area contributed by atoms with E-state index in [9.17, 15) is 22.4 Å². The Morgan fingerprint density at radius 1 is 0.944 bits per heavy atom. The van der Waals surface area contributed by atoms with Crippen LogP contribution in [0, 0.1) is 17.1 Å². The number of hydrogen-bond donors (Lipinski definition) is 1. The summed E-state index contributed by atoms with van der Waals surface area (Å²) in [5.74, 6) is -1.43. The summed E-state index contributed by atoms with van der Waals surface area (Å²) in [4.78, 5) is 18.7. The number of carbonyl (C=O) groups excluding carboxylic acids is 1. The fourth-order valence-corrected chi connectivity index (χ4v) is 3.55. The van der Waals surface area contributed by atoms with Gasteiger partial charge in [0.15, 0.2) is 0 Å². The number of aromatic nitrogens is 1. The molecule has 0 bridgehead atoms. The van der Waals surface area contributed by atoms with Gasteiger partial charge in [0.25, 0.3) is 0 Å². The van der Waals surface area contributed by atoms with Crippen molar-refractivity contribution >= 4 is 17.4 Å². The van der Waals surface area contributed by atoms with Crippen molar-refractivity contribution in [3.63, 3.8) is 0 Å². The molecular weight excluding hydrogens is 472 g/mol. The van der Waals surface area contributed by atoms with Crippen LogP contribution in [0.3, 0.4) is 0 Å². The Morgan fingerprint density at radius 2 is 1.72 bits per heavy atom. The summed E-state index contributed by atoms with van der Waals surface area (Å²) < 4.78 is 53.0. The number of carbonyl (C=O) groups is 1. The van der Waals surface area contributed by atoms with Crippen LogP contribution in [0.4, 0.5) is 33.7 Å². The number of hydrogen-bond acceptors (Lipinski definition) is 3. The molecule has 5 nitrogen and oxygen atoms in total. The first-order valence-corrected chi connectivity index (χ1v) is 10.7. The molecule has 1 aromatic heterocycles. The SMILES string of the molecule is N#Cc1cccc(-c2ccc(N(Cc3ccccn3)C(=O)Nc3ccc(F)c(C(F)(F)F)c3)cc2)c1. The molecular formula is C27H18F4N4O. The lowest BCUT2D eigenvalue weighted by atomic mass is 10.0. The Bertz CT molecular complexity index is 1410. The first-order valence-electron chi connectivity index (χ1n) is 10.7. The number of anilines is 2. The van der Waals surface area contributed by atoms with Crippen LogP contribution < -0.4 is 10.2 Å². The van der Waals surface area contributed by atoms with E-state index < -0.39 is 23.6 Å². The highest BCUT2D eigenvalue weighted by Gasteiger charge is 2.34. The molecule has 4 rings (SSSR count). The number of benzene rings is 3. The van der Waals surface area contributed by atoms with Crippen LogP contribution in [-0.4, -0.2) is 11.0 Å². The lowest BCUT2D eigenvalue weighted by Gasteiger charge is -2.23. The second-order valence-corrected chi connectivity index (χ2v) is 7.77. The van der Waals surface area contributed by atoms with E-state index in [1.807, 2.05) is 6.07 Å². The van der Waals surface area contributed by atoms with Crippen LogP contribution in [-0.2, 0) is 12.7 Å². The third-order valence-electron chi connectivity index (χ3n) is 5.32. The van der Waals surface area contributed by atoms with Crippen molar-refractivity contribution in [1.82, 2.24) is 4.98 Å². The molecule has 0 radical (unpaired) electrons. The van der Waals surface area contributed by atoms with Crippen molar-refractivity contribution in [2.24, 2.45) is 0 Å². The van der Waals surface area contributed by atoms with Crippen molar-refractivity contribution < 1.29 is 22.4 Å². The van der Waals surface area contributed by atoms with Gasteiger partial charge in [0, 0.05) is 17.6 Å². The van der Waals surface area contributed by atoms with Crippen LogP contribution in [0.1, 0.15) is 16.8 Å². The van der Waals surface area contributed by atoms with Gasteiger partial charge in [-0.3, -0.25) is 9.88 Å². The van der Waals surface area contributed by atoms with Gasteiger partial charge in [-0.05, 0) is 65.7 Å². The fraction of sp³-hybridized carbons (Fsp3) is 0.0741. The quantitative estimate of drug-likeness (QED) is 0.306. The first kappa shape index (κ1) is 24.4. The van der Waals surface area contributed by atoms with Gasteiger partial charge in [0.2, 0.25) is 0 Å². The molecule has 0 unspecified atom stereocenters. The van der Waals surface area contributed by atoms with Crippen molar-refractivity contribution in [3.8, 4) is 17.2 Å². The maximum absolute atomic E-state index is 13.7. The Kier molecular flexibility index (Phi) is 6.97. The summed E-state index contributed by atoms with van der Waals surface area (Å²) in [5, 5.41) is 11.6. The molecule has 0 aliphatic heterocycles. The smallest absolute Gasteiger partial charge is 0.308 e. The van der Waals surface area contributed by atoms with Crippen molar-refractivity contribution in [2.45, 2.75) is 12.7 Å². The molecule has 3 aromatic carbocycles. The molecule has 0 aliphatic carbocycles. The van der Waals surface area contributed by atoms with Crippen LogP contribution in [0.2, 0.25) is 0 Å². The summed E-state index contributed by atoms with van der Waals surface area (Å²) in [6.45, 7) is 0.0310. The molecule has 4 aromatic rings. The number of alkyl halides is 3. The third kappa shape index (κ3) is 5.67. The van der Waals surface area contributed by atoms with Gasteiger partial charge in [0.1, 0.15) is 5.82 Å². The Hall–Kier alpha value is -4.71. The van der Waals surface area contributed by atoms with Crippen LogP contribution in [0.25, 0.3) is 11.1 Å². The van der Waals surface area contributed by atoms with Crippen LogP contribution >= 0.6 is 0 Å². The normalized spacial score (nSPS) is 11.0. The van der Waals surface area contributed by atoms with E-state index in [-0.39, 0.29) is 12.2 Å². The number of halogens is 4. The average Bonchev–Trinajstić information content (AvgIpc) is 2.88. The second kappa shape index (κ2) is 10.3. The van der Waals surface area contributed by atoms with Gasteiger partial charge in [-0.15, -0.1) is 0 Å². The molecule has 0 saturated carbocycles. The van der Waals surface area contributed by atoms with Crippen molar-refractivity contribution in [2.75, 3.05) is 10.2 Å². The minimum absolute atomic E-state index is 0.0310. The van der Waals surface area contributed by atoms with Gasteiger partial charge in [-0.25, -0.2) is 9.18 Å². The molecule has 1 N–H and O–H groups in total. The Morgan fingerprint density at radius 3 is 2.39 bits per heavy atom. The van der Waals surface area contributed by atoms with E-state index in [0.717, 1.165) is 17.2 Å². The van der Waals surface area contributed by atoms with Gasteiger partial charge in [-0.1, -0.05) is 30.3 Å². The number of rotatable bonds is 5. The monoisotopic (exact) mass is 490 g/mol. The zero-order valence-electron chi connectivity index (χ0n) is 18.6. The first-order chi connectivity index (χ1) is 17.2. The summed E-state index contributed by atoms with van der Waals surface area (Å²) >= 11 is 0. The minimum Gasteiger partial charge on any atom is -0.308 e. The van der Waals surface area contributed by atoms with E-state index in [4.69, 9.17) is 5.26 Å². The maximum atomic E-state index is 13.7. The summed E-state index contributed by atoms with van der Waals surface area (Å²) in [5.41, 5.74) is 1.45. The number of nitrogens with one attached hydrogen (secondary N) is 1. The van der Waals surface area contributed by atoms with E-state index in [1.165, 1.54) is 4.90 Å². The summed E-state index contributed by atoms with van der Waals surface area (Å²) in [6.07, 6.45) is -3.34. The summed E-state index contributed by atoms with van der Waals surface area (Å²) in [6, 6.07) is 22.8. The highest BCUT2D eigenvalue weighted by atomic mass is 19.4. The van der Waals surface area contributed by atoms with E-state index >= 15 is 0 Å². The predicted octanol–water partition coefficient (Wildman–Crippen LogP) is 7.02. The average molecular weight is 490 g/mol. The largest absolute Gasteiger partial charge is 0.419 e. The lowest BCUT2D eigenvalue weighted by molar-refractivity contribution is -0.139. The van der Waals surface area contributed by atoms with E-state index in [2.05, 4.69) is 16.4 Å². The Balaban J connectivity index is 1.64. The molecule has 9 heteroatoms. The van der Waals surface area contributed by atoms with Crippen LogP contribution in [0.5, 0.6) is 0 Å². The summed E-state index contributed by atoms with van der Waals surface area (Å²) in [7, 11) is 0. The van der Waals surface area contributed by atoms with Gasteiger partial charge < -0.3 is 5.32 Å². The van der Waals surface area contributed by atoms with E-state index in [1.54, 1.807) is 66.9 Å². The molecule has 0 saturated heterocycles. The molecule has 0 aliphatic rings. The second-order valence-electron chi connectivity index (χ2n) is 7.77. The zero-order chi connectivity index (χ0) is 25.7. The molecule has 1 heterocycles. The predicted molar refractivity (Wildman–Crippen MR) is 127 cm³/mol. The number of amides is 2. The highest BCUT2D eigenvalue weighted by molar-refractivity contribution is 6.01. The fourth-order valence-electron chi connectivity index (χ4n) is 3.55. The molecule has 36 heavy (non-hydrogen) atoms. The maximum Gasteiger partial charge on any atom is 0.419 e. The van der Waals surface area contributed by atoms with Crippen molar-refractivity contribution in [1.29, 1.82) is 5.26 Å². The van der Waals surface area contributed by atoms with Gasteiger partial charge in [0.05, 0.1) is 29.4 Å². The molecule has 2 amide bonds. The minimum atomic E-state index is -4.91. The van der Waals surface area contributed by atoms with Crippen molar-refractivity contribution in [3.05, 3.63) is 114 Å². The number of nitrogens with zero attached hydrogens (tertiary/aromatic N) is 3. The molecule has 0 atom stereocenters. The van der Waals surface area contributed by atoms with E-state index in [0.29, 0.717) is 29.1 Å². The Labute approximate surface area is 204 Å². The van der Waals surface area contributed by atoms with Gasteiger partial charge in [-0.2, -0.15) is 18.4 Å². The van der Waals surface area contributed by atoms with Gasteiger partial charge >= 0.3 is 12.2 Å². The standard InChI is InChI=1S/C27H18F4N4O/c28-25-12-9-21(15-24(25)27(29,30)31)34-26(36)35(17-22-6-1-2-13-33-22)23-10-7-19(8-11-23)20-5-3-4-18(14-20)16-32/h1-15H,17H2,(H,34,36).